The highest BCUT2D eigenvalue weighted by atomic mass is 16.2. The normalized spacial score (nSPS) is 10.8. The molecule has 0 atom stereocenters. The van der Waals surface area contributed by atoms with Crippen molar-refractivity contribution >= 4 is 29.1 Å². The van der Waals surface area contributed by atoms with E-state index >= 15 is 0 Å². The first kappa shape index (κ1) is 18.2. The van der Waals surface area contributed by atoms with Crippen LogP contribution in [0.25, 0.3) is 0 Å². The Morgan fingerprint density at radius 3 is 1.84 bits per heavy atom. The fourth-order valence-electron chi connectivity index (χ4n) is 2.41. The van der Waals surface area contributed by atoms with E-state index in [4.69, 9.17) is 5.73 Å². The molecule has 2 aromatic carbocycles. The van der Waals surface area contributed by atoms with Gasteiger partial charge in [0.25, 0.3) is 5.91 Å². The van der Waals surface area contributed by atoms with Crippen molar-refractivity contribution < 1.29 is 14.4 Å². The van der Waals surface area contributed by atoms with Gasteiger partial charge in [0.05, 0.1) is 11.3 Å². The lowest BCUT2D eigenvalue weighted by Gasteiger charge is -2.22. The summed E-state index contributed by atoms with van der Waals surface area (Å²) in [6.07, 6.45) is 0. The Balaban J connectivity index is 2.18. The number of nitrogens with one attached hydrogen (secondary N) is 2. The summed E-state index contributed by atoms with van der Waals surface area (Å²) >= 11 is 0. The third kappa shape index (κ3) is 4.44. The minimum atomic E-state index is -0.877. The van der Waals surface area contributed by atoms with Gasteiger partial charge in [0.2, 0.25) is 0 Å². The number of primary amides is 1. The Labute approximate surface area is 146 Å². The molecule has 0 fully saturated rings. The fourth-order valence-corrected chi connectivity index (χ4v) is 2.41. The van der Waals surface area contributed by atoms with E-state index in [1.54, 1.807) is 24.3 Å². The topological polar surface area (TPSA) is 101 Å². The Morgan fingerprint density at radius 1 is 0.800 bits per heavy atom. The minimum absolute atomic E-state index is 0.138. The van der Waals surface area contributed by atoms with Crippen molar-refractivity contribution in [3.05, 3.63) is 59.7 Å². The van der Waals surface area contributed by atoms with Gasteiger partial charge in [-0.05, 0) is 29.2 Å². The van der Waals surface area contributed by atoms with Crippen LogP contribution in [0.3, 0.4) is 0 Å². The highest BCUT2D eigenvalue weighted by Crippen LogP contribution is 2.29. The number of anilines is 2. The third-order valence-electron chi connectivity index (χ3n) is 3.63. The summed E-state index contributed by atoms with van der Waals surface area (Å²) in [5.41, 5.74) is 6.88. The maximum atomic E-state index is 12.2. The molecule has 0 saturated carbocycles. The Morgan fingerprint density at radius 2 is 1.28 bits per heavy atom. The number of para-hydroxylation sites is 2. The van der Waals surface area contributed by atoms with Crippen molar-refractivity contribution in [1.29, 1.82) is 0 Å². The maximum Gasteiger partial charge on any atom is 0.314 e. The van der Waals surface area contributed by atoms with Crippen LogP contribution < -0.4 is 16.4 Å². The van der Waals surface area contributed by atoms with Crippen LogP contribution in [0.15, 0.2) is 48.5 Å². The fraction of sp³-hybridized carbons (Fsp3) is 0.211. The summed E-state index contributed by atoms with van der Waals surface area (Å²) in [6.45, 7) is 6.05. The summed E-state index contributed by atoms with van der Waals surface area (Å²) in [5, 5.41) is 5.04. The summed E-state index contributed by atoms with van der Waals surface area (Å²) in [4.78, 5) is 35.8. The van der Waals surface area contributed by atoms with Crippen molar-refractivity contribution in [3.8, 4) is 0 Å². The molecule has 0 heterocycles. The second-order valence-electron chi connectivity index (χ2n) is 6.61. The van der Waals surface area contributed by atoms with E-state index in [2.05, 4.69) is 10.6 Å². The lowest BCUT2D eigenvalue weighted by molar-refractivity contribution is -0.133. The third-order valence-corrected chi connectivity index (χ3v) is 3.63. The van der Waals surface area contributed by atoms with Crippen molar-refractivity contribution in [2.45, 2.75) is 26.2 Å². The summed E-state index contributed by atoms with van der Waals surface area (Å²) in [6, 6.07) is 13.5. The molecule has 130 valence electrons. The van der Waals surface area contributed by atoms with Crippen LogP contribution in [-0.4, -0.2) is 17.7 Å². The van der Waals surface area contributed by atoms with Gasteiger partial charge < -0.3 is 16.4 Å². The van der Waals surface area contributed by atoms with E-state index in [0.717, 1.165) is 5.56 Å². The molecule has 4 N–H and O–H groups in total. The smallest absolute Gasteiger partial charge is 0.314 e. The van der Waals surface area contributed by atoms with Crippen molar-refractivity contribution in [2.24, 2.45) is 5.73 Å². The number of nitrogens with two attached hydrogens (primary N) is 1. The summed E-state index contributed by atoms with van der Waals surface area (Å²) in [5.74, 6) is -2.39. The van der Waals surface area contributed by atoms with Crippen LogP contribution in [0.1, 0.15) is 36.7 Å². The highest BCUT2D eigenvalue weighted by Gasteiger charge is 2.21. The second-order valence-corrected chi connectivity index (χ2v) is 6.61. The molecule has 0 unspecified atom stereocenters. The molecular weight excluding hydrogens is 318 g/mol. The van der Waals surface area contributed by atoms with Gasteiger partial charge in [-0.25, -0.2) is 0 Å². The van der Waals surface area contributed by atoms with Crippen LogP contribution in [0, 0.1) is 0 Å². The zero-order valence-corrected chi connectivity index (χ0v) is 14.4. The first-order valence-corrected chi connectivity index (χ1v) is 7.81. The molecule has 6 nitrogen and oxygen atoms in total. The summed E-state index contributed by atoms with van der Waals surface area (Å²) < 4.78 is 0. The van der Waals surface area contributed by atoms with Crippen LogP contribution in [0.5, 0.6) is 0 Å². The Kier molecular flexibility index (Phi) is 5.22. The molecule has 25 heavy (non-hydrogen) atoms. The Hall–Kier alpha value is -3.15. The molecule has 2 rings (SSSR count). The molecule has 0 aliphatic carbocycles. The molecule has 0 spiro atoms. The van der Waals surface area contributed by atoms with E-state index in [1.807, 2.05) is 32.9 Å². The first-order valence-electron chi connectivity index (χ1n) is 7.81. The van der Waals surface area contributed by atoms with Crippen molar-refractivity contribution in [2.75, 3.05) is 10.6 Å². The molecule has 0 aliphatic heterocycles. The van der Waals surface area contributed by atoms with Gasteiger partial charge in [-0.3, -0.25) is 14.4 Å². The van der Waals surface area contributed by atoms with E-state index in [9.17, 15) is 14.4 Å². The molecule has 0 aliphatic rings. The Bertz CT molecular complexity index is 823. The molecule has 6 heteroatoms. The van der Waals surface area contributed by atoms with Gasteiger partial charge in [0.15, 0.2) is 0 Å². The zero-order valence-electron chi connectivity index (χ0n) is 14.4. The van der Waals surface area contributed by atoms with Crippen molar-refractivity contribution in [1.82, 2.24) is 0 Å². The standard InChI is InChI=1S/C19H21N3O3/c1-19(2,3)13-9-5-7-11-15(13)22-18(25)17(24)21-14-10-6-4-8-12(14)16(20)23/h4-11H,1-3H3,(H2,20,23)(H,21,24)(H,22,25). The number of hydrogen-bond donors (Lipinski definition) is 3. The van der Waals surface area contributed by atoms with Gasteiger partial charge in [0, 0.05) is 5.69 Å². The number of benzene rings is 2. The van der Waals surface area contributed by atoms with E-state index in [-0.39, 0.29) is 16.7 Å². The van der Waals surface area contributed by atoms with E-state index in [1.165, 1.54) is 12.1 Å². The number of rotatable bonds is 3. The summed E-state index contributed by atoms with van der Waals surface area (Å²) in [7, 11) is 0. The van der Waals surface area contributed by atoms with E-state index < -0.39 is 17.7 Å². The molecule has 0 bridgehead atoms. The van der Waals surface area contributed by atoms with Crippen LogP contribution in [0.2, 0.25) is 0 Å². The minimum Gasteiger partial charge on any atom is -0.366 e. The van der Waals surface area contributed by atoms with Gasteiger partial charge in [-0.15, -0.1) is 0 Å². The van der Waals surface area contributed by atoms with Gasteiger partial charge in [0.1, 0.15) is 0 Å². The molecular formula is C19H21N3O3. The highest BCUT2D eigenvalue weighted by molar-refractivity contribution is 6.44. The lowest BCUT2D eigenvalue weighted by Crippen LogP contribution is -2.31. The second kappa shape index (κ2) is 7.17. The molecule has 3 amide bonds. The largest absolute Gasteiger partial charge is 0.366 e. The quantitative estimate of drug-likeness (QED) is 0.749. The molecule has 2 aromatic rings. The first-order chi connectivity index (χ1) is 11.7. The number of carbonyl (C=O) groups excluding carboxylic acids is 3. The molecule has 0 radical (unpaired) electrons. The molecule has 0 saturated heterocycles. The average molecular weight is 339 g/mol. The average Bonchev–Trinajstić information content (AvgIpc) is 2.54. The van der Waals surface area contributed by atoms with Gasteiger partial charge >= 0.3 is 11.8 Å². The number of amides is 3. The lowest BCUT2D eigenvalue weighted by atomic mass is 9.86. The van der Waals surface area contributed by atoms with Gasteiger partial charge in [-0.1, -0.05) is 51.1 Å². The van der Waals surface area contributed by atoms with Crippen LogP contribution in [-0.2, 0) is 15.0 Å². The van der Waals surface area contributed by atoms with Crippen molar-refractivity contribution in [3.63, 3.8) is 0 Å². The number of carbonyl (C=O) groups is 3. The SMILES string of the molecule is CC(C)(C)c1ccccc1NC(=O)C(=O)Nc1ccccc1C(N)=O. The monoisotopic (exact) mass is 339 g/mol. The predicted octanol–water partition coefficient (Wildman–Crippen LogP) is 2.66. The molecule has 0 aromatic heterocycles. The predicted molar refractivity (Wildman–Crippen MR) is 97.4 cm³/mol. The maximum absolute atomic E-state index is 12.2. The number of hydrogen-bond acceptors (Lipinski definition) is 3. The van der Waals surface area contributed by atoms with E-state index in [0.29, 0.717) is 5.69 Å². The van der Waals surface area contributed by atoms with Crippen LogP contribution >= 0.6 is 0 Å². The van der Waals surface area contributed by atoms with Crippen LogP contribution in [0.4, 0.5) is 11.4 Å². The zero-order chi connectivity index (χ0) is 18.6. The van der Waals surface area contributed by atoms with Gasteiger partial charge in [-0.2, -0.15) is 0 Å².